The second kappa shape index (κ2) is 8.98. The van der Waals surface area contributed by atoms with Crippen LogP contribution in [0.2, 0.25) is 0 Å². The minimum atomic E-state index is -1.03. The monoisotopic (exact) mass is 449 g/mol. The highest BCUT2D eigenvalue weighted by Gasteiger charge is 2.62. The molecule has 8 heteroatoms. The van der Waals surface area contributed by atoms with Gasteiger partial charge in [-0.1, -0.05) is 54.9 Å². The second-order valence-electron chi connectivity index (χ2n) is 10.8. The summed E-state index contributed by atoms with van der Waals surface area (Å²) in [6.45, 7) is 16.2. The van der Waals surface area contributed by atoms with E-state index in [1.807, 2.05) is 41.5 Å². The van der Waals surface area contributed by atoms with Crippen molar-refractivity contribution >= 4 is 17.3 Å². The van der Waals surface area contributed by atoms with Gasteiger partial charge in [0.2, 0.25) is 5.91 Å². The van der Waals surface area contributed by atoms with Crippen LogP contribution in [-0.2, 0) is 4.79 Å². The molecule has 0 aliphatic carbocycles. The fraction of sp³-hybridized carbons (Fsp3) is 0.708. The summed E-state index contributed by atoms with van der Waals surface area (Å²) >= 11 is 0. The molecule has 0 saturated heterocycles. The number of aliphatic hydroxyl groups is 1. The highest BCUT2D eigenvalue weighted by Crippen LogP contribution is 2.56. The number of nitrogens with one attached hydrogen (secondary N) is 1. The van der Waals surface area contributed by atoms with E-state index in [2.05, 4.69) is 12.2 Å². The number of carbonyl (C=O) groups is 1. The number of fused-ring (bicyclic) bond motifs is 1. The Hall–Kier alpha value is -2.19. The first-order valence-corrected chi connectivity index (χ1v) is 11.3. The van der Waals surface area contributed by atoms with Crippen molar-refractivity contribution in [3.63, 3.8) is 0 Å². The van der Waals surface area contributed by atoms with Crippen LogP contribution in [-0.4, -0.2) is 41.2 Å². The van der Waals surface area contributed by atoms with E-state index in [0.717, 1.165) is 12.8 Å². The molecule has 1 aromatic rings. The third kappa shape index (κ3) is 4.35. The Labute approximate surface area is 191 Å². The highest BCUT2D eigenvalue weighted by molar-refractivity contribution is 5.94. The number of nitro groups is 1. The van der Waals surface area contributed by atoms with E-state index in [-0.39, 0.29) is 17.3 Å². The summed E-state index contributed by atoms with van der Waals surface area (Å²) in [5.41, 5.74) is -1.42. The van der Waals surface area contributed by atoms with Crippen LogP contribution in [0.15, 0.2) is 12.1 Å². The van der Waals surface area contributed by atoms with Gasteiger partial charge < -0.3 is 20.1 Å². The van der Waals surface area contributed by atoms with Crippen LogP contribution in [0, 0.1) is 20.9 Å². The fourth-order valence-electron chi connectivity index (χ4n) is 5.10. The SMILES string of the molecule is CCCCNC1c2cc(N(C)C(C)=O)c([N+](=O)[O-])cc2OC(C(C)(C)C)(C(C)(C)C)C1O. The maximum Gasteiger partial charge on any atom is 0.296 e. The minimum absolute atomic E-state index is 0.179. The smallest absolute Gasteiger partial charge is 0.296 e. The average molecular weight is 450 g/mol. The molecule has 1 heterocycles. The molecular weight excluding hydrogens is 410 g/mol. The summed E-state index contributed by atoms with van der Waals surface area (Å²) < 4.78 is 6.59. The molecule has 2 atom stereocenters. The van der Waals surface area contributed by atoms with Crippen LogP contribution in [0.4, 0.5) is 11.4 Å². The summed E-state index contributed by atoms with van der Waals surface area (Å²) in [5.74, 6) is 0.0427. The van der Waals surface area contributed by atoms with Crippen molar-refractivity contribution in [1.29, 1.82) is 0 Å². The summed E-state index contributed by atoms with van der Waals surface area (Å²) in [5, 5.41) is 27.2. The number of amides is 1. The number of ether oxygens (including phenoxy) is 1. The Kier molecular flexibility index (Phi) is 7.32. The molecule has 1 amide bonds. The summed E-state index contributed by atoms with van der Waals surface area (Å²) in [4.78, 5) is 24.7. The van der Waals surface area contributed by atoms with Crippen LogP contribution in [0.5, 0.6) is 5.75 Å². The Bertz CT molecular complexity index is 856. The van der Waals surface area contributed by atoms with E-state index in [1.54, 1.807) is 6.07 Å². The van der Waals surface area contributed by atoms with Crippen LogP contribution in [0.3, 0.4) is 0 Å². The average Bonchev–Trinajstić information content (AvgIpc) is 2.65. The van der Waals surface area contributed by atoms with Gasteiger partial charge in [0.25, 0.3) is 5.69 Å². The summed E-state index contributed by atoms with van der Waals surface area (Å²) in [6, 6.07) is 2.50. The number of benzene rings is 1. The number of anilines is 1. The zero-order valence-corrected chi connectivity index (χ0v) is 20.9. The molecule has 32 heavy (non-hydrogen) atoms. The molecule has 0 aromatic heterocycles. The van der Waals surface area contributed by atoms with E-state index in [0.29, 0.717) is 17.9 Å². The normalized spacial score (nSPS) is 20.3. The lowest BCUT2D eigenvalue weighted by molar-refractivity contribution is -0.384. The molecule has 0 radical (unpaired) electrons. The maximum absolute atomic E-state index is 12.0. The number of nitro benzene ring substituents is 1. The number of rotatable bonds is 6. The van der Waals surface area contributed by atoms with Crippen LogP contribution < -0.4 is 15.0 Å². The molecule has 0 saturated carbocycles. The summed E-state index contributed by atoms with van der Waals surface area (Å²) in [7, 11) is 1.51. The van der Waals surface area contributed by atoms with Gasteiger partial charge in [-0.2, -0.15) is 0 Å². The molecule has 8 nitrogen and oxygen atoms in total. The maximum atomic E-state index is 12.0. The Morgan fingerprint density at radius 2 is 1.81 bits per heavy atom. The minimum Gasteiger partial charge on any atom is -0.483 e. The molecule has 0 bridgehead atoms. The molecule has 2 rings (SSSR count). The largest absolute Gasteiger partial charge is 0.483 e. The topological polar surface area (TPSA) is 105 Å². The molecule has 2 N–H and O–H groups in total. The zero-order valence-electron chi connectivity index (χ0n) is 20.9. The Morgan fingerprint density at radius 3 is 2.25 bits per heavy atom. The quantitative estimate of drug-likeness (QED) is 0.374. The van der Waals surface area contributed by atoms with Gasteiger partial charge in [-0.05, 0) is 19.0 Å². The third-order valence-electron chi connectivity index (χ3n) is 6.60. The van der Waals surface area contributed by atoms with Crippen molar-refractivity contribution in [2.45, 2.75) is 86.0 Å². The van der Waals surface area contributed by atoms with Crippen molar-refractivity contribution in [2.24, 2.45) is 10.8 Å². The molecule has 1 aromatic carbocycles. The van der Waals surface area contributed by atoms with Crippen molar-refractivity contribution in [2.75, 3.05) is 18.5 Å². The van der Waals surface area contributed by atoms with Gasteiger partial charge >= 0.3 is 0 Å². The number of carbonyl (C=O) groups excluding carboxylic acids is 1. The first kappa shape index (κ1) is 26.1. The van der Waals surface area contributed by atoms with Crippen molar-refractivity contribution in [3.05, 3.63) is 27.8 Å². The molecule has 1 aliphatic rings. The Morgan fingerprint density at radius 1 is 1.25 bits per heavy atom. The van der Waals surface area contributed by atoms with Gasteiger partial charge in [0.15, 0.2) is 0 Å². The number of unbranched alkanes of at least 4 members (excludes halogenated alkanes) is 1. The van der Waals surface area contributed by atoms with E-state index in [1.165, 1.54) is 24.9 Å². The first-order valence-electron chi connectivity index (χ1n) is 11.3. The van der Waals surface area contributed by atoms with Gasteiger partial charge in [-0.3, -0.25) is 14.9 Å². The standard InChI is InChI=1S/C24H39N3O5/c1-10-11-12-25-20-16-13-17(26(9)15(2)28)18(27(30)31)14-19(16)32-24(21(20)29,22(3,4)5)23(6,7)8/h13-14,20-21,25,29H,10-12H2,1-9H3. The molecule has 2 unspecified atom stereocenters. The lowest BCUT2D eigenvalue weighted by Crippen LogP contribution is -2.69. The molecule has 180 valence electrons. The molecule has 0 spiro atoms. The van der Waals surface area contributed by atoms with Gasteiger partial charge in [-0.15, -0.1) is 0 Å². The zero-order chi connectivity index (χ0) is 24.6. The number of aliphatic hydroxyl groups excluding tert-OH is 1. The van der Waals surface area contributed by atoms with Crippen molar-refractivity contribution < 1.29 is 19.6 Å². The van der Waals surface area contributed by atoms with Gasteiger partial charge in [-0.25, -0.2) is 0 Å². The van der Waals surface area contributed by atoms with Crippen LogP contribution >= 0.6 is 0 Å². The van der Waals surface area contributed by atoms with Gasteiger partial charge in [0.1, 0.15) is 23.1 Å². The lowest BCUT2D eigenvalue weighted by Gasteiger charge is -2.59. The van der Waals surface area contributed by atoms with Crippen LogP contribution in [0.1, 0.15) is 79.8 Å². The number of nitrogens with zero attached hydrogens (tertiary/aromatic N) is 2. The van der Waals surface area contributed by atoms with Gasteiger partial charge in [0.05, 0.1) is 17.0 Å². The molecule has 1 aliphatic heterocycles. The predicted octanol–water partition coefficient (Wildman–Crippen LogP) is 4.59. The lowest BCUT2D eigenvalue weighted by atomic mass is 9.57. The third-order valence-corrected chi connectivity index (χ3v) is 6.60. The van der Waals surface area contributed by atoms with E-state index in [9.17, 15) is 20.0 Å². The number of hydrogen-bond acceptors (Lipinski definition) is 6. The van der Waals surface area contributed by atoms with Crippen molar-refractivity contribution in [3.8, 4) is 5.75 Å². The van der Waals surface area contributed by atoms with E-state index in [4.69, 9.17) is 4.74 Å². The fourth-order valence-corrected chi connectivity index (χ4v) is 5.10. The van der Waals surface area contributed by atoms with Crippen LogP contribution in [0.25, 0.3) is 0 Å². The van der Waals surface area contributed by atoms with Crippen molar-refractivity contribution in [1.82, 2.24) is 5.32 Å². The van der Waals surface area contributed by atoms with E-state index >= 15 is 0 Å². The number of hydrogen-bond donors (Lipinski definition) is 2. The molecule has 0 fully saturated rings. The Balaban J connectivity index is 2.84. The molecular formula is C24H39N3O5. The van der Waals surface area contributed by atoms with E-state index < -0.39 is 33.5 Å². The first-order chi connectivity index (χ1) is 14.6. The second-order valence-corrected chi connectivity index (χ2v) is 10.8. The highest BCUT2D eigenvalue weighted by atomic mass is 16.6. The van der Waals surface area contributed by atoms with Gasteiger partial charge in [0, 0.05) is 30.4 Å². The predicted molar refractivity (Wildman–Crippen MR) is 126 cm³/mol. The summed E-state index contributed by atoms with van der Waals surface area (Å²) in [6.07, 6.45) is 0.982.